The SMILES string of the molecule is CC(C)c1nn2c(c1Cl)CNCC2. The Morgan fingerprint density at radius 3 is 2.92 bits per heavy atom. The molecule has 2 rings (SSSR count). The van der Waals surface area contributed by atoms with Crippen molar-refractivity contribution in [3.05, 3.63) is 16.4 Å². The topological polar surface area (TPSA) is 29.9 Å². The molecule has 0 aliphatic carbocycles. The minimum absolute atomic E-state index is 0.408. The van der Waals surface area contributed by atoms with Crippen molar-refractivity contribution in [2.24, 2.45) is 0 Å². The van der Waals surface area contributed by atoms with Gasteiger partial charge in [-0.3, -0.25) is 4.68 Å². The standard InChI is InChI=1S/C9H14ClN3/c1-6(2)9-8(10)7-5-11-3-4-13(7)12-9/h6,11H,3-5H2,1-2H3. The van der Waals surface area contributed by atoms with Crippen molar-refractivity contribution in [3.63, 3.8) is 0 Å². The molecule has 2 heterocycles. The number of aromatic nitrogens is 2. The molecule has 3 nitrogen and oxygen atoms in total. The van der Waals surface area contributed by atoms with Crippen LogP contribution in [0.4, 0.5) is 0 Å². The molecule has 13 heavy (non-hydrogen) atoms. The number of halogens is 1. The number of nitrogens with one attached hydrogen (secondary N) is 1. The maximum atomic E-state index is 6.21. The third-order valence-electron chi connectivity index (χ3n) is 2.36. The van der Waals surface area contributed by atoms with Crippen molar-refractivity contribution < 1.29 is 0 Å². The van der Waals surface area contributed by atoms with Crippen LogP contribution in [0.2, 0.25) is 5.02 Å². The average molecular weight is 200 g/mol. The lowest BCUT2D eigenvalue weighted by atomic mass is 10.1. The highest BCUT2D eigenvalue weighted by Gasteiger charge is 2.19. The Morgan fingerprint density at radius 2 is 2.31 bits per heavy atom. The van der Waals surface area contributed by atoms with Gasteiger partial charge in [0.15, 0.2) is 0 Å². The van der Waals surface area contributed by atoms with Crippen LogP contribution in [0.15, 0.2) is 0 Å². The highest BCUT2D eigenvalue weighted by molar-refractivity contribution is 6.32. The summed E-state index contributed by atoms with van der Waals surface area (Å²) in [5, 5.41) is 8.63. The summed E-state index contributed by atoms with van der Waals surface area (Å²) in [6.07, 6.45) is 0. The molecule has 1 aromatic rings. The van der Waals surface area contributed by atoms with Gasteiger partial charge in [-0.1, -0.05) is 25.4 Å². The first-order valence-electron chi connectivity index (χ1n) is 4.66. The van der Waals surface area contributed by atoms with Crippen LogP contribution in [0.25, 0.3) is 0 Å². The minimum Gasteiger partial charge on any atom is -0.309 e. The maximum absolute atomic E-state index is 6.21. The first-order chi connectivity index (χ1) is 6.20. The number of hydrogen-bond acceptors (Lipinski definition) is 2. The fourth-order valence-corrected chi connectivity index (χ4v) is 2.03. The summed E-state index contributed by atoms with van der Waals surface area (Å²) in [6, 6.07) is 0. The average Bonchev–Trinajstić information content (AvgIpc) is 2.45. The Hall–Kier alpha value is -0.540. The fraction of sp³-hybridized carbons (Fsp3) is 0.667. The van der Waals surface area contributed by atoms with Crippen LogP contribution in [-0.4, -0.2) is 16.3 Å². The molecule has 1 N–H and O–H groups in total. The van der Waals surface area contributed by atoms with Crippen molar-refractivity contribution in [2.45, 2.75) is 32.9 Å². The molecule has 0 spiro atoms. The van der Waals surface area contributed by atoms with Crippen LogP contribution in [0.1, 0.15) is 31.2 Å². The summed E-state index contributed by atoms with van der Waals surface area (Å²) in [6.45, 7) is 7.00. The molecule has 4 heteroatoms. The fourth-order valence-electron chi connectivity index (χ4n) is 1.61. The van der Waals surface area contributed by atoms with Gasteiger partial charge < -0.3 is 5.32 Å². The van der Waals surface area contributed by atoms with Gasteiger partial charge in [-0.05, 0) is 5.92 Å². The summed E-state index contributed by atoms with van der Waals surface area (Å²) in [5.41, 5.74) is 2.16. The van der Waals surface area contributed by atoms with E-state index in [1.807, 2.05) is 4.68 Å². The normalized spacial score (nSPS) is 16.3. The van der Waals surface area contributed by atoms with E-state index in [2.05, 4.69) is 24.3 Å². The lowest BCUT2D eigenvalue weighted by Crippen LogP contribution is -2.28. The lowest BCUT2D eigenvalue weighted by Gasteiger charge is -2.14. The highest BCUT2D eigenvalue weighted by Crippen LogP contribution is 2.27. The van der Waals surface area contributed by atoms with Gasteiger partial charge in [-0.2, -0.15) is 5.10 Å². The second kappa shape index (κ2) is 3.31. The zero-order valence-corrected chi connectivity index (χ0v) is 8.73. The van der Waals surface area contributed by atoms with Crippen molar-refractivity contribution in [3.8, 4) is 0 Å². The summed E-state index contributed by atoms with van der Waals surface area (Å²) < 4.78 is 2.02. The Kier molecular flexibility index (Phi) is 2.30. The number of rotatable bonds is 1. The van der Waals surface area contributed by atoms with Gasteiger partial charge in [-0.15, -0.1) is 0 Å². The van der Waals surface area contributed by atoms with Gasteiger partial charge in [0, 0.05) is 13.1 Å². The Morgan fingerprint density at radius 1 is 1.54 bits per heavy atom. The largest absolute Gasteiger partial charge is 0.309 e. The predicted octanol–water partition coefficient (Wildman–Crippen LogP) is 1.76. The number of fused-ring (bicyclic) bond motifs is 1. The van der Waals surface area contributed by atoms with Crippen molar-refractivity contribution >= 4 is 11.6 Å². The van der Waals surface area contributed by atoms with Gasteiger partial charge in [0.1, 0.15) is 0 Å². The molecule has 1 aliphatic rings. The minimum atomic E-state index is 0.408. The lowest BCUT2D eigenvalue weighted by molar-refractivity contribution is 0.472. The second-order valence-electron chi connectivity index (χ2n) is 3.70. The van der Waals surface area contributed by atoms with E-state index in [-0.39, 0.29) is 0 Å². The van der Waals surface area contributed by atoms with Crippen molar-refractivity contribution in [1.82, 2.24) is 15.1 Å². The third kappa shape index (κ3) is 1.46. The summed E-state index contributed by atoms with van der Waals surface area (Å²) in [5.74, 6) is 0.408. The van der Waals surface area contributed by atoms with E-state index >= 15 is 0 Å². The third-order valence-corrected chi connectivity index (χ3v) is 2.77. The van der Waals surface area contributed by atoms with Crippen LogP contribution < -0.4 is 5.32 Å². The maximum Gasteiger partial charge on any atom is 0.0865 e. The van der Waals surface area contributed by atoms with E-state index in [1.54, 1.807) is 0 Å². The van der Waals surface area contributed by atoms with Crippen LogP contribution in [0, 0.1) is 0 Å². The first kappa shape index (κ1) is 9.03. The molecular formula is C9H14ClN3. The monoisotopic (exact) mass is 199 g/mol. The van der Waals surface area contributed by atoms with Crippen molar-refractivity contribution in [2.75, 3.05) is 6.54 Å². The smallest absolute Gasteiger partial charge is 0.0865 e. The molecular weight excluding hydrogens is 186 g/mol. The van der Waals surface area contributed by atoms with Crippen LogP contribution in [-0.2, 0) is 13.1 Å². The van der Waals surface area contributed by atoms with Gasteiger partial charge in [0.05, 0.1) is 23.0 Å². The zero-order chi connectivity index (χ0) is 9.42. The van der Waals surface area contributed by atoms with E-state index in [4.69, 9.17) is 11.6 Å². The Balaban J connectivity index is 2.44. The second-order valence-corrected chi connectivity index (χ2v) is 4.08. The van der Waals surface area contributed by atoms with E-state index in [9.17, 15) is 0 Å². The molecule has 0 saturated carbocycles. The van der Waals surface area contributed by atoms with Crippen LogP contribution in [0.3, 0.4) is 0 Å². The summed E-state index contributed by atoms with van der Waals surface area (Å²) >= 11 is 6.21. The zero-order valence-electron chi connectivity index (χ0n) is 7.97. The quantitative estimate of drug-likeness (QED) is 0.747. The molecule has 0 saturated heterocycles. The molecule has 1 aromatic heterocycles. The van der Waals surface area contributed by atoms with E-state index in [1.165, 1.54) is 0 Å². The van der Waals surface area contributed by atoms with Crippen LogP contribution >= 0.6 is 11.6 Å². The van der Waals surface area contributed by atoms with E-state index in [0.717, 1.165) is 36.0 Å². The Bertz CT molecular complexity index is 317. The molecule has 0 amide bonds. The van der Waals surface area contributed by atoms with Gasteiger partial charge >= 0.3 is 0 Å². The molecule has 0 atom stereocenters. The number of hydrogen-bond donors (Lipinski definition) is 1. The van der Waals surface area contributed by atoms with E-state index < -0.39 is 0 Å². The van der Waals surface area contributed by atoms with Crippen molar-refractivity contribution in [1.29, 1.82) is 0 Å². The summed E-state index contributed by atoms with van der Waals surface area (Å²) in [7, 11) is 0. The molecule has 0 fully saturated rings. The molecule has 0 radical (unpaired) electrons. The first-order valence-corrected chi connectivity index (χ1v) is 5.03. The molecule has 0 bridgehead atoms. The molecule has 72 valence electrons. The molecule has 1 aliphatic heterocycles. The number of nitrogens with zero attached hydrogens (tertiary/aromatic N) is 2. The van der Waals surface area contributed by atoms with Gasteiger partial charge in [0.25, 0.3) is 0 Å². The van der Waals surface area contributed by atoms with Gasteiger partial charge in [-0.25, -0.2) is 0 Å². The molecule has 0 unspecified atom stereocenters. The van der Waals surface area contributed by atoms with Gasteiger partial charge in [0.2, 0.25) is 0 Å². The van der Waals surface area contributed by atoms with E-state index in [0.29, 0.717) is 5.92 Å². The summed E-state index contributed by atoms with van der Waals surface area (Å²) in [4.78, 5) is 0. The van der Waals surface area contributed by atoms with Crippen LogP contribution in [0.5, 0.6) is 0 Å². The predicted molar refractivity (Wildman–Crippen MR) is 53.0 cm³/mol. The molecule has 0 aromatic carbocycles. The Labute approximate surface area is 83.1 Å². The highest BCUT2D eigenvalue weighted by atomic mass is 35.5.